The Morgan fingerprint density at radius 2 is 2.62 bits per heavy atom. The number of carbonyl (C=O) groups excluding carboxylic acids is 1. The number of aromatic nitrogens is 1. The molecule has 4 nitrogen and oxygen atoms in total. The Morgan fingerprint density at radius 1 is 1.75 bits per heavy atom. The molecule has 0 saturated carbocycles. The zero-order valence-corrected chi connectivity index (χ0v) is 9.83. The molecule has 1 aliphatic heterocycles. The van der Waals surface area contributed by atoms with E-state index in [1.165, 1.54) is 11.3 Å². The van der Waals surface area contributed by atoms with Gasteiger partial charge in [0, 0.05) is 12.8 Å². The van der Waals surface area contributed by atoms with Gasteiger partial charge in [-0.3, -0.25) is 0 Å². The van der Waals surface area contributed by atoms with Crippen molar-refractivity contribution >= 4 is 23.4 Å². The van der Waals surface area contributed by atoms with Crippen LogP contribution in [-0.2, 0) is 9.53 Å². The topological polar surface area (TPSA) is 48.4 Å². The second kappa shape index (κ2) is 5.12. The Labute approximate surface area is 97.9 Å². The number of ether oxygens (including phenoxy) is 2. The number of nitrogens with zero attached hydrogens (tertiary/aromatic N) is 1. The maximum atomic E-state index is 10.3. The number of hydrogen-bond donors (Lipinski definition) is 0. The first-order valence-electron chi connectivity index (χ1n) is 5.14. The van der Waals surface area contributed by atoms with Crippen LogP contribution in [0.2, 0.25) is 0 Å². The van der Waals surface area contributed by atoms with Crippen molar-refractivity contribution in [3.05, 3.63) is 17.2 Å². The van der Waals surface area contributed by atoms with Gasteiger partial charge < -0.3 is 14.3 Å². The predicted molar refractivity (Wildman–Crippen MR) is 61.4 cm³/mol. The van der Waals surface area contributed by atoms with Crippen LogP contribution in [-0.4, -0.2) is 24.5 Å². The number of aldehydes is 1. The summed E-state index contributed by atoms with van der Waals surface area (Å²) in [6.45, 7) is 0. The Kier molecular flexibility index (Phi) is 3.56. The lowest BCUT2D eigenvalue weighted by Gasteiger charge is -2.10. The zero-order chi connectivity index (χ0) is 11.4. The molecule has 5 heteroatoms. The van der Waals surface area contributed by atoms with Crippen LogP contribution in [0.15, 0.2) is 12.3 Å². The first-order chi connectivity index (χ1) is 7.83. The van der Waals surface area contributed by atoms with Gasteiger partial charge >= 0.3 is 0 Å². The molecule has 0 fully saturated rings. The first kappa shape index (κ1) is 11.1. The molecule has 0 amide bonds. The number of thiazole rings is 1. The van der Waals surface area contributed by atoms with Crippen LogP contribution in [0.1, 0.15) is 24.1 Å². The lowest BCUT2D eigenvalue weighted by atomic mass is 10.1. The van der Waals surface area contributed by atoms with Gasteiger partial charge in [-0.1, -0.05) is 11.3 Å². The molecular formula is C11H13NO3S. The van der Waals surface area contributed by atoms with Crippen LogP contribution in [0.5, 0.6) is 5.19 Å². The summed E-state index contributed by atoms with van der Waals surface area (Å²) in [4.78, 5) is 15.3. The fourth-order valence-corrected chi connectivity index (χ4v) is 2.28. The highest BCUT2D eigenvalue weighted by Crippen LogP contribution is 2.33. The molecule has 0 radical (unpaired) electrons. The van der Waals surface area contributed by atoms with Gasteiger partial charge in [0.25, 0.3) is 5.19 Å². The van der Waals surface area contributed by atoms with Gasteiger partial charge in [-0.15, -0.1) is 0 Å². The van der Waals surface area contributed by atoms with Gasteiger partial charge in [0.05, 0.1) is 18.2 Å². The zero-order valence-electron chi connectivity index (χ0n) is 9.01. The molecule has 0 aliphatic carbocycles. The lowest BCUT2D eigenvalue weighted by molar-refractivity contribution is -0.108. The average Bonchev–Trinajstić information content (AvgIpc) is 2.94. The molecule has 0 spiro atoms. The van der Waals surface area contributed by atoms with E-state index in [4.69, 9.17) is 9.47 Å². The summed E-state index contributed by atoms with van der Waals surface area (Å²) < 4.78 is 10.7. The molecule has 0 saturated heterocycles. The van der Waals surface area contributed by atoms with E-state index in [2.05, 4.69) is 4.98 Å². The van der Waals surface area contributed by atoms with E-state index < -0.39 is 0 Å². The van der Waals surface area contributed by atoms with Crippen molar-refractivity contribution in [2.24, 2.45) is 0 Å². The van der Waals surface area contributed by atoms with Crippen molar-refractivity contribution in [2.45, 2.75) is 25.4 Å². The van der Waals surface area contributed by atoms with Crippen molar-refractivity contribution in [1.29, 1.82) is 0 Å². The van der Waals surface area contributed by atoms with Gasteiger partial charge in [-0.2, -0.15) is 0 Å². The van der Waals surface area contributed by atoms with Crippen molar-refractivity contribution in [1.82, 2.24) is 4.98 Å². The highest BCUT2D eigenvalue weighted by molar-refractivity contribution is 7.14. The third-order valence-corrected chi connectivity index (χ3v) is 3.34. The van der Waals surface area contributed by atoms with E-state index in [9.17, 15) is 4.79 Å². The maximum absolute atomic E-state index is 10.3. The highest BCUT2D eigenvalue weighted by atomic mass is 32.1. The molecule has 1 atom stereocenters. The van der Waals surface area contributed by atoms with Crippen LogP contribution in [0, 0.1) is 0 Å². The Hall–Kier alpha value is -1.36. The average molecular weight is 239 g/mol. The van der Waals surface area contributed by atoms with E-state index in [0.29, 0.717) is 11.6 Å². The summed E-state index contributed by atoms with van der Waals surface area (Å²) in [7, 11) is 1.60. The summed E-state index contributed by atoms with van der Waals surface area (Å²) >= 11 is 1.46. The van der Waals surface area contributed by atoms with Crippen molar-refractivity contribution < 1.29 is 14.3 Å². The third-order valence-electron chi connectivity index (χ3n) is 2.37. The summed E-state index contributed by atoms with van der Waals surface area (Å²) in [5, 5.41) is 0.635. The minimum atomic E-state index is 0.133. The van der Waals surface area contributed by atoms with Crippen LogP contribution in [0.4, 0.5) is 0 Å². The number of rotatable bonds is 5. The van der Waals surface area contributed by atoms with Gasteiger partial charge in [-0.25, -0.2) is 4.98 Å². The van der Waals surface area contributed by atoms with Crippen molar-refractivity contribution in [3.63, 3.8) is 0 Å². The summed E-state index contributed by atoms with van der Waals surface area (Å²) in [6, 6.07) is 0. The normalized spacial score (nSPS) is 19.1. The van der Waals surface area contributed by atoms with E-state index in [1.807, 2.05) is 6.08 Å². The maximum Gasteiger partial charge on any atom is 0.273 e. The monoisotopic (exact) mass is 239 g/mol. The molecule has 1 aromatic heterocycles. The Bertz CT molecular complexity index is 400. The molecular weight excluding hydrogens is 226 g/mol. The molecule has 1 aliphatic rings. The van der Waals surface area contributed by atoms with Gasteiger partial charge in [0.1, 0.15) is 18.1 Å². The van der Waals surface area contributed by atoms with E-state index >= 15 is 0 Å². The van der Waals surface area contributed by atoms with Crippen molar-refractivity contribution in [2.75, 3.05) is 7.11 Å². The van der Waals surface area contributed by atoms with Gasteiger partial charge in [-0.05, 0) is 12.5 Å². The van der Waals surface area contributed by atoms with Crippen LogP contribution in [0.25, 0.3) is 5.76 Å². The Morgan fingerprint density at radius 3 is 3.31 bits per heavy atom. The largest absolute Gasteiger partial charge is 0.489 e. The number of hydrogen-bond acceptors (Lipinski definition) is 5. The molecule has 86 valence electrons. The Balaban J connectivity index is 1.94. The fourth-order valence-electron chi connectivity index (χ4n) is 1.57. The lowest BCUT2D eigenvalue weighted by Crippen LogP contribution is -2.05. The summed E-state index contributed by atoms with van der Waals surface area (Å²) in [5.74, 6) is 0.858. The van der Waals surface area contributed by atoms with E-state index in [0.717, 1.165) is 29.8 Å². The molecule has 0 aromatic carbocycles. The van der Waals surface area contributed by atoms with Crippen LogP contribution < -0.4 is 4.74 Å². The molecule has 0 bridgehead atoms. The number of methoxy groups -OCH3 is 1. The SMILES string of the molecule is COc1ncc(C2=CCC(CCC=O)O2)s1. The smallest absolute Gasteiger partial charge is 0.273 e. The van der Waals surface area contributed by atoms with Crippen LogP contribution >= 0.6 is 11.3 Å². The van der Waals surface area contributed by atoms with E-state index in [-0.39, 0.29) is 6.10 Å². The fraction of sp³-hybridized carbons (Fsp3) is 0.455. The molecule has 0 N–H and O–H groups in total. The quantitative estimate of drug-likeness (QED) is 0.739. The van der Waals surface area contributed by atoms with Crippen LogP contribution in [0.3, 0.4) is 0 Å². The van der Waals surface area contributed by atoms with Gasteiger partial charge in [0.15, 0.2) is 0 Å². The second-order valence-electron chi connectivity index (χ2n) is 3.48. The first-order valence-corrected chi connectivity index (χ1v) is 5.95. The molecule has 16 heavy (non-hydrogen) atoms. The molecule has 1 unspecified atom stereocenters. The van der Waals surface area contributed by atoms with Crippen molar-refractivity contribution in [3.8, 4) is 5.19 Å². The molecule has 2 rings (SSSR count). The molecule has 1 aromatic rings. The minimum absolute atomic E-state index is 0.133. The third kappa shape index (κ3) is 2.41. The van der Waals surface area contributed by atoms with Gasteiger partial charge in [0.2, 0.25) is 0 Å². The highest BCUT2D eigenvalue weighted by Gasteiger charge is 2.20. The summed E-state index contributed by atoms with van der Waals surface area (Å²) in [6.07, 6.45) is 7.05. The standard InChI is InChI=1S/C11H13NO3S/c1-14-11-12-7-10(16-11)9-5-4-8(15-9)3-2-6-13/h5-8H,2-4H2,1H3. The summed E-state index contributed by atoms with van der Waals surface area (Å²) in [5.41, 5.74) is 0. The minimum Gasteiger partial charge on any atom is -0.489 e. The molecule has 2 heterocycles. The van der Waals surface area contributed by atoms with E-state index in [1.54, 1.807) is 13.3 Å². The second-order valence-corrected chi connectivity index (χ2v) is 4.48. The predicted octanol–water partition coefficient (Wildman–Crippen LogP) is 2.26. The number of carbonyl (C=O) groups is 1.